The van der Waals surface area contributed by atoms with Crippen molar-refractivity contribution >= 4 is 38.9 Å². The summed E-state index contributed by atoms with van der Waals surface area (Å²) in [6, 6.07) is 9.91. The first-order valence-corrected chi connectivity index (χ1v) is 10.8. The molecule has 0 saturated carbocycles. The maximum absolute atomic E-state index is 12.5. The molecule has 1 amide bonds. The normalized spacial score (nSPS) is 11.2. The van der Waals surface area contributed by atoms with Gasteiger partial charge in [0.1, 0.15) is 6.33 Å². The zero-order chi connectivity index (χ0) is 21.2. The van der Waals surface area contributed by atoms with E-state index < -0.39 is 26.4 Å². The Balaban J connectivity index is 1.80. The number of amides is 1. The monoisotopic (exact) mass is 433 g/mol. The van der Waals surface area contributed by atoms with Crippen LogP contribution < -0.4 is 5.32 Å². The molecule has 0 aliphatic heterocycles. The van der Waals surface area contributed by atoms with Gasteiger partial charge in [0.25, 0.3) is 11.6 Å². The van der Waals surface area contributed by atoms with Crippen molar-refractivity contribution in [3.05, 3.63) is 64.5 Å². The van der Waals surface area contributed by atoms with E-state index >= 15 is 0 Å². The summed E-state index contributed by atoms with van der Waals surface area (Å²) < 4.78 is 25.3. The lowest BCUT2D eigenvalue weighted by Gasteiger charge is -2.08. The topological polar surface area (TPSA) is 137 Å². The molecule has 10 nitrogen and oxygen atoms in total. The Kier molecular flexibility index (Phi) is 5.66. The molecular weight excluding hydrogens is 418 g/mol. The number of aromatic nitrogens is 3. The molecule has 0 aliphatic rings. The molecule has 0 aliphatic carbocycles. The number of carbonyl (C=O) groups excluding carboxylic acids is 1. The van der Waals surface area contributed by atoms with Gasteiger partial charge in [-0.2, -0.15) is 0 Å². The van der Waals surface area contributed by atoms with Crippen LogP contribution >= 0.6 is 11.8 Å². The Morgan fingerprint density at radius 2 is 1.90 bits per heavy atom. The third-order valence-electron chi connectivity index (χ3n) is 3.78. The van der Waals surface area contributed by atoms with Crippen LogP contribution in [0.3, 0.4) is 0 Å². The summed E-state index contributed by atoms with van der Waals surface area (Å²) in [4.78, 5) is 23.4. The molecule has 1 aromatic heterocycles. The average molecular weight is 433 g/mol. The van der Waals surface area contributed by atoms with E-state index in [4.69, 9.17) is 0 Å². The lowest BCUT2D eigenvalue weighted by molar-refractivity contribution is -0.385. The summed E-state index contributed by atoms with van der Waals surface area (Å²) >= 11 is 1.39. The number of aryl methyl sites for hydroxylation is 1. The molecule has 0 radical (unpaired) electrons. The van der Waals surface area contributed by atoms with Crippen LogP contribution in [0.25, 0.3) is 0 Å². The number of non-ortho nitro benzene ring substituents is 1. The highest BCUT2D eigenvalue weighted by Crippen LogP contribution is 2.27. The first-order chi connectivity index (χ1) is 13.6. The van der Waals surface area contributed by atoms with Crippen LogP contribution in [0.2, 0.25) is 0 Å². The molecule has 3 rings (SSSR count). The van der Waals surface area contributed by atoms with E-state index in [1.54, 1.807) is 35.2 Å². The molecular formula is C17H15N5O5S2. The van der Waals surface area contributed by atoms with Gasteiger partial charge in [0.15, 0.2) is 15.0 Å². The highest BCUT2D eigenvalue weighted by atomic mass is 32.2. The molecule has 0 fully saturated rings. The van der Waals surface area contributed by atoms with Gasteiger partial charge in [-0.25, -0.2) is 8.42 Å². The molecule has 2 aromatic carbocycles. The van der Waals surface area contributed by atoms with E-state index in [0.29, 0.717) is 10.8 Å². The maximum atomic E-state index is 12.5. The van der Waals surface area contributed by atoms with Crippen molar-refractivity contribution in [2.45, 2.75) is 14.9 Å². The van der Waals surface area contributed by atoms with Crippen LogP contribution in [-0.4, -0.2) is 40.3 Å². The Hall–Kier alpha value is -3.25. The summed E-state index contributed by atoms with van der Waals surface area (Å²) in [6.07, 6.45) is 2.50. The Morgan fingerprint density at radius 3 is 2.45 bits per heavy atom. The van der Waals surface area contributed by atoms with Crippen LogP contribution in [-0.2, 0) is 16.9 Å². The van der Waals surface area contributed by atoms with Gasteiger partial charge in [0, 0.05) is 41.6 Å². The van der Waals surface area contributed by atoms with Crippen molar-refractivity contribution in [2.75, 3.05) is 11.6 Å². The highest BCUT2D eigenvalue weighted by Gasteiger charge is 2.19. The quantitative estimate of drug-likeness (QED) is 0.462. The van der Waals surface area contributed by atoms with Crippen LogP contribution in [0.1, 0.15) is 10.4 Å². The van der Waals surface area contributed by atoms with E-state index in [1.165, 1.54) is 11.8 Å². The fourth-order valence-corrected chi connectivity index (χ4v) is 3.75. The zero-order valence-electron chi connectivity index (χ0n) is 15.3. The number of rotatable bonds is 6. The molecule has 1 N–H and O–H groups in total. The average Bonchev–Trinajstić information content (AvgIpc) is 3.06. The van der Waals surface area contributed by atoms with Crippen LogP contribution in [0.4, 0.5) is 11.4 Å². The fraction of sp³-hybridized carbons (Fsp3) is 0.118. The minimum absolute atomic E-state index is 0.128. The second kappa shape index (κ2) is 8.01. The number of hydrogen-bond donors (Lipinski definition) is 1. The van der Waals surface area contributed by atoms with Crippen molar-refractivity contribution < 1.29 is 18.1 Å². The lowest BCUT2D eigenvalue weighted by atomic mass is 10.2. The van der Waals surface area contributed by atoms with Crippen molar-refractivity contribution in [2.24, 2.45) is 7.05 Å². The maximum Gasteiger partial charge on any atom is 0.271 e. The summed E-state index contributed by atoms with van der Waals surface area (Å²) in [6.45, 7) is 0. The van der Waals surface area contributed by atoms with E-state index in [2.05, 4.69) is 15.5 Å². The SMILES string of the molecule is Cn1cnnc1Sc1ccc(NC(=O)c2cc([N+](=O)[O-])cc(S(C)(=O)=O)c2)cc1. The summed E-state index contributed by atoms with van der Waals surface area (Å²) in [5, 5.41) is 22.1. The number of anilines is 1. The second-order valence-electron chi connectivity index (χ2n) is 6.05. The molecule has 29 heavy (non-hydrogen) atoms. The zero-order valence-corrected chi connectivity index (χ0v) is 16.9. The minimum Gasteiger partial charge on any atom is -0.322 e. The van der Waals surface area contributed by atoms with Crippen molar-refractivity contribution in [3.8, 4) is 0 Å². The molecule has 0 saturated heterocycles. The fourth-order valence-electron chi connectivity index (χ4n) is 2.31. The molecule has 0 atom stereocenters. The number of carbonyl (C=O) groups is 1. The molecule has 0 bridgehead atoms. The van der Waals surface area contributed by atoms with Crippen molar-refractivity contribution in [1.29, 1.82) is 0 Å². The first kappa shape index (κ1) is 20.5. The number of nitrogens with one attached hydrogen (secondary N) is 1. The number of hydrogen-bond acceptors (Lipinski definition) is 8. The number of nitro groups is 1. The number of nitrogens with zero attached hydrogens (tertiary/aromatic N) is 4. The lowest BCUT2D eigenvalue weighted by Crippen LogP contribution is -2.13. The number of sulfone groups is 1. The van der Waals surface area contributed by atoms with Gasteiger partial charge < -0.3 is 9.88 Å². The summed E-state index contributed by atoms with van der Waals surface area (Å²) in [5.74, 6) is -0.660. The first-order valence-electron chi connectivity index (χ1n) is 8.06. The molecule has 0 unspecified atom stereocenters. The van der Waals surface area contributed by atoms with Gasteiger partial charge in [0.05, 0.1) is 9.82 Å². The van der Waals surface area contributed by atoms with E-state index in [0.717, 1.165) is 29.4 Å². The summed E-state index contributed by atoms with van der Waals surface area (Å²) in [5.41, 5.74) is -0.157. The van der Waals surface area contributed by atoms with Gasteiger partial charge in [-0.05, 0) is 42.1 Å². The van der Waals surface area contributed by atoms with E-state index in [9.17, 15) is 23.3 Å². The third kappa shape index (κ3) is 4.97. The van der Waals surface area contributed by atoms with Gasteiger partial charge >= 0.3 is 0 Å². The van der Waals surface area contributed by atoms with Crippen LogP contribution in [0.5, 0.6) is 0 Å². The van der Waals surface area contributed by atoms with Crippen LogP contribution in [0.15, 0.2) is 63.7 Å². The highest BCUT2D eigenvalue weighted by molar-refractivity contribution is 7.99. The molecule has 150 valence electrons. The van der Waals surface area contributed by atoms with E-state index in [1.807, 2.05) is 7.05 Å². The molecule has 12 heteroatoms. The largest absolute Gasteiger partial charge is 0.322 e. The van der Waals surface area contributed by atoms with Gasteiger partial charge in [-0.1, -0.05) is 0 Å². The number of benzene rings is 2. The smallest absolute Gasteiger partial charge is 0.271 e. The van der Waals surface area contributed by atoms with Crippen molar-refractivity contribution in [1.82, 2.24) is 14.8 Å². The molecule has 3 aromatic rings. The Morgan fingerprint density at radius 1 is 1.21 bits per heavy atom. The summed E-state index contributed by atoms with van der Waals surface area (Å²) in [7, 11) is -1.90. The molecule has 0 spiro atoms. The van der Waals surface area contributed by atoms with Crippen LogP contribution in [0, 0.1) is 10.1 Å². The van der Waals surface area contributed by atoms with E-state index in [-0.39, 0.29) is 10.5 Å². The van der Waals surface area contributed by atoms with Crippen molar-refractivity contribution in [3.63, 3.8) is 0 Å². The Labute approximate surface area is 170 Å². The standard InChI is InChI=1S/C17H15N5O5S2/c1-21-10-18-20-17(21)28-14-5-3-12(4-6-14)19-16(23)11-7-13(22(24)25)9-15(8-11)29(2,26)27/h3-10H,1-2H3,(H,19,23). The second-order valence-corrected chi connectivity index (χ2v) is 9.11. The predicted octanol–water partition coefficient (Wildman–Crippen LogP) is 2.53. The number of nitro benzene ring substituents is 1. The van der Waals surface area contributed by atoms with Gasteiger partial charge in [-0.3, -0.25) is 14.9 Å². The Bertz CT molecular complexity index is 1190. The minimum atomic E-state index is -3.72. The van der Waals surface area contributed by atoms with Gasteiger partial charge in [0.2, 0.25) is 0 Å². The molecule has 1 heterocycles. The predicted molar refractivity (Wildman–Crippen MR) is 106 cm³/mol. The third-order valence-corrected chi connectivity index (χ3v) is 5.94. The van der Waals surface area contributed by atoms with Gasteiger partial charge in [-0.15, -0.1) is 10.2 Å².